The number of amides is 7. The fourth-order valence-electron chi connectivity index (χ4n) is 14.9. The van der Waals surface area contributed by atoms with Crippen LogP contribution in [0.25, 0.3) is 54.5 Å². The zero-order chi connectivity index (χ0) is 109. The molecule has 49 nitrogen and oxygen atoms in total. The van der Waals surface area contributed by atoms with E-state index in [9.17, 15) is 59.8 Å². The average Bonchev–Trinajstić information content (AvgIpc) is 0.798. The number of thioether (sulfide) groups is 1. The number of fused-ring (bicyclic) bond motifs is 5. The normalized spacial score (nSPS) is 11.5. The molecule has 5 aromatic carbocycles. The Morgan fingerprint density at radius 3 is 0.887 bits per heavy atom. The van der Waals surface area contributed by atoms with E-state index in [-0.39, 0.29) is 104 Å². The second-order valence-corrected chi connectivity index (χ2v) is 33.0. The van der Waals surface area contributed by atoms with Crippen LogP contribution in [0.15, 0.2) is 188 Å². The lowest BCUT2D eigenvalue weighted by Gasteiger charge is -2.25. The van der Waals surface area contributed by atoms with Crippen molar-refractivity contribution in [1.29, 1.82) is 15.8 Å². The highest BCUT2D eigenvalue weighted by Crippen LogP contribution is 2.37. The number of pyridine rings is 5. The third kappa shape index (κ3) is 27.7. The molecule has 7 amide bonds. The van der Waals surface area contributed by atoms with E-state index < -0.39 is 71.6 Å². The number of aromatic nitrogens is 15. The maximum atomic E-state index is 12.1. The summed E-state index contributed by atoms with van der Waals surface area (Å²) in [5.41, 5.74) is 50.4. The molecular weight excluding hydrogens is 1950 g/mol. The van der Waals surface area contributed by atoms with E-state index in [1.807, 2.05) is 125 Å². The first-order valence-electron chi connectivity index (χ1n) is 45.8. The highest BCUT2D eigenvalue weighted by Gasteiger charge is 2.32. The Labute approximate surface area is 864 Å². The number of nitriles is 3. The number of nitrogens with one attached hydrogen (secondary N) is 5. The fraction of sp³-hybridized carbons (Fsp3) is 0.250. The SMILES string of the molecule is CC[C@@H](N)C(N)=O.CC[C@H](C(N)=O)N(C)c1nc(Nc2ccc3c(ccc[n+]3[O-])c2)c(C#N)c(OC)n1.CC[C@H](C(N)=O)N(C)c1nc(Nc2ccc3c(ccc[n+]3[O-])c2)c(C(N)=O)c(OC)n1.CC[C@H](C(N)=O)N(C)c1nc(Nc2ccc3ncccc3c2)c(C#N)c(OC)n1.CC[C@H](C(N)=O)N(C)c1nc(Nc2ccc3ncccc3c2)c(C(N)=O)c(OC)n1.COc1nc(SC)nc(Nc2ccc3ncccc3c2)c1C#N. The van der Waals surface area contributed by atoms with Gasteiger partial charge < -0.3 is 126 Å². The lowest BCUT2D eigenvalue weighted by Crippen LogP contribution is -2.43. The number of carbonyl (C=O) groups excluding carboxylic acids is 7. The van der Waals surface area contributed by atoms with Gasteiger partial charge in [0.1, 0.15) is 53.5 Å². The summed E-state index contributed by atoms with van der Waals surface area (Å²) in [4.78, 5) is 144. The highest BCUT2D eigenvalue weighted by atomic mass is 32.2. The van der Waals surface area contributed by atoms with Gasteiger partial charge in [-0.3, -0.25) is 48.5 Å². The van der Waals surface area contributed by atoms with Crippen molar-refractivity contribution in [2.24, 2.45) is 45.9 Å². The highest BCUT2D eigenvalue weighted by molar-refractivity contribution is 7.98. The van der Waals surface area contributed by atoms with Crippen molar-refractivity contribution in [2.75, 3.05) is 116 Å². The van der Waals surface area contributed by atoms with E-state index in [0.717, 1.165) is 53.5 Å². The van der Waals surface area contributed by atoms with E-state index >= 15 is 0 Å². The van der Waals surface area contributed by atoms with Crippen molar-refractivity contribution in [3.63, 3.8) is 0 Å². The Kier molecular flexibility index (Phi) is 39.4. The summed E-state index contributed by atoms with van der Waals surface area (Å²) in [6.07, 6.45) is 12.3. The molecule has 5 atom stereocenters. The van der Waals surface area contributed by atoms with Crippen LogP contribution in [0.3, 0.4) is 0 Å². The van der Waals surface area contributed by atoms with Crippen molar-refractivity contribution in [2.45, 2.75) is 102 Å². The first-order valence-corrected chi connectivity index (χ1v) is 47.1. The molecule has 0 aliphatic heterocycles. The molecule has 15 rings (SSSR count). The molecule has 21 N–H and O–H groups in total. The number of ether oxygens (including phenoxy) is 5. The molecule has 0 bridgehead atoms. The first-order chi connectivity index (χ1) is 71.9. The molecule has 0 saturated heterocycles. The van der Waals surface area contributed by atoms with Crippen LogP contribution in [0.1, 0.15) is 104 Å². The molecule has 10 heterocycles. The van der Waals surface area contributed by atoms with Crippen molar-refractivity contribution in [1.82, 2.24) is 64.8 Å². The molecule has 15 aromatic rings. The van der Waals surface area contributed by atoms with Crippen LogP contribution in [-0.2, 0) is 24.0 Å². The van der Waals surface area contributed by atoms with E-state index in [2.05, 4.69) is 104 Å². The smallest absolute Gasteiger partial charge is 0.258 e. The predicted molar refractivity (Wildman–Crippen MR) is 568 cm³/mol. The monoisotopic (exact) mass is 2060 g/mol. The fourth-order valence-corrected chi connectivity index (χ4v) is 15.3. The number of anilines is 14. The van der Waals surface area contributed by atoms with Crippen molar-refractivity contribution in [3.8, 4) is 47.6 Å². The third-order valence-corrected chi connectivity index (χ3v) is 23.3. The number of benzene rings is 5. The van der Waals surface area contributed by atoms with Gasteiger partial charge >= 0.3 is 0 Å². The van der Waals surface area contributed by atoms with Gasteiger partial charge in [0.15, 0.2) is 63.3 Å². The van der Waals surface area contributed by atoms with Gasteiger partial charge in [-0.25, -0.2) is 4.98 Å². The van der Waals surface area contributed by atoms with Crippen LogP contribution < -0.4 is 125 Å². The van der Waals surface area contributed by atoms with Crippen molar-refractivity contribution in [3.05, 3.63) is 221 Å². The summed E-state index contributed by atoms with van der Waals surface area (Å²) < 4.78 is 27.8. The van der Waals surface area contributed by atoms with E-state index in [0.29, 0.717) is 81.9 Å². The number of carbonyl (C=O) groups is 7. The Morgan fingerprint density at radius 1 is 0.360 bits per heavy atom. The van der Waals surface area contributed by atoms with Gasteiger partial charge in [-0.05, 0) is 148 Å². The average molecular weight is 2060 g/mol. The summed E-state index contributed by atoms with van der Waals surface area (Å²) >= 11 is 1.38. The van der Waals surface area contributed by atoms with Gasteiger partial charge in [-0.2, -0.15) is 70.1 Å². The minimum atomic E-state index is -0.798. The molecule has 0 aliphatic rings. The molecule has 776 valence electrons. The summed E-state index contributed by atoms with van der Waals surface area (Å²) in [7, 11) is 13.6. The molecule has 10 aromatic heterocycles. The van der Waals surface area contributed by atoms with Crippen LogP contribution in [0.4, 0.5) is 81.3 Å². The van der Waals surface area contributed by atoms with E-state index in [4.69, 9.17) is 69.6 Å². The van der Waals surface area contributed by atoms with Crippen LogP contribution in [0.2, 0.25) is 0 Å². The Bertz CT molecular complexity index is 7610. The lowest BCUT2D eigenvalue weighted by atomic mass is 10.2. The molecular formula is C100H111N35O14S. The van der Waals surface area contributed by atoms with Gasteiger partial charge in [0.25, 0.3) is 11.8 Å². The lowest BCUT2D eigenvalue weighted by molar-refractivity contribution is -0.577. The molecule has 0 fully saturated rings. The predicted octanol–water partition coefficient (Wildman–Crippen LogP) is 8.91. The van der Waals surface area contributed by atoms with Crippen molar-refractivity contribution >= 4 is 189 Å². The Morgan fingerprint density at radius 2 is 0.627 bits per heavy atom. The zero-order valence-electron chi connectivity index (χ0n) is 84.3. The second-order valence-electron chi connectivity index (χ2n) is 32.3. The standard InChI is InChI=1S/C20H23N7O4.C20H21N7O3.C20H23N7O3.C20H21N7O2.C16H13N5OS.C4H10N2O/c1-4-13(16(21)28)26(2)20-24-18(15(17(22)29)19(25-20)31-3)23-12-7-8-14-11(10-12)6-5-9-27(14)30;1-4-15(17(22)28)26(2)20-24-18(14(11-21)19(25-20)30-3)23-13-7-8-16-12(10-13)6-5-9-27(16)29;1-4-14(16(21)28)27(2)20-25-18(15(17(22)29)19(26-20)30-3)24-12-7-8-13-11(10-12)6-5-9-23-13;1-4-16(17(22)28)27(2)20-25-18(14(11-21)19(26-20)29-3)24-13-7-8-15-12(10-13)6-5-9-23-15;1-22-15-12(9-17)14(20-16(21-15)23-2)19-11-5-6-13-10(8-11)4-3-7-18-13;1-2-3(5)4(6)7/h5-10,13H,4H2,1-3H3,(H2,21,28)(H2,22,29)(H,23,24,25);5-10,15H,4H2,1-3H3,(H2,22,28)(H,23,24,25);5-10,14H,4H2,1-3H3,(H2,21,28)(H2,22,29)(H,24,25,26);5-10,16H,4H2,1-3H3,(H2,22,28)(H,24,25,26);3-8H,1-2H3,(H,19,20,21);3H,2,5H2,1H3,(H2,6,7)/t13-;15-;14-;16-;;3-/m1111.1/s1. The van der Waals surface area contributed by atoms with Gasteiger partial charge in [-0.1, -0.05) is 64.6 Å². The molecule has 0 spiro atoms. The minimum Gasteiger partial charge on any atom is -0.618 e. The van der Waals surface area contributed by atoms with Crippen LogP contribution in [0, 0.1) is 44.4 Å². The van der Waals surface area contributed by atoms with Gasteiger partial charge in [-0.15, -0.1) is 0 Å². The molecule has 0 unspecified atom stereocenters. The third-order valence-electron chi connectivity index (χ3n) is 22.7. The maximum absolute atomic E-state index is 12.1. The molecule has 0 saturated carbocycles. The number of primary amides is 7. The topological polar surface area (TPSA) is 740 Å². The molecule has 0 aliphatic carbocycles. The molecule has 150 heavy (non-hydrogen) atoms. The summed E-state index contributed by atoms with van der Waals surface area (Å²) in [6.45, 7) is 9.11. The van der Waals surface area contributed by atoms with Gasteiger partial charge in [0.05, 0.1) is 58.1 Å². The molecule has 50 heteroatoms. The van der Waals surface area contributed by atoms with Crippen LogP contribution in [0.5, 0.6) is 29.4 Å². The van der Waals surface area contributed by atoms with E-state index in [1.165, 1.54) is 74.4 Å². The minimum absolute atomic E-state index is 0.00643. The number of likely N-dealkylation sites (N-methyl/N-ethyl adjacent to an activating group) is 4. The van der Waals surface area contributed by atoms with Crippen molar-refractivity contribution < 1.29 is 66.7 Å². The molecule has 0 radical (unpaired) electrons. The van der Waals surface area contributed by atoms with Crippen LogP contribution >= 0.6 is 11.8 Å². The van der Waals surface area contributed by atoms with Gasteiger partial charge in [0, 0.05) is 126 Å². The largest absolute Gasteiger partial charge is 0.618 e. The summed E-state index contributed by atoms with van der Waals surface area (Å²) in [6, 6.07) is 48.5. The quantitative estimate of drug-likeness (QED) is 0.00754. The number of nitrogens with zero attached hydrogens (tertiary/aromatic N) is 22. The first kappa shape index (κ1) is 112. The van der Waals surface area contributed by atoms with Crippen LogP contribution in [-0.4, -0.2) is 206 Å². The summed E-state index contributed by atoms with van der Waals surface area (Å²) in [5.74, 6) is -1.86. The second kappa shape index (κ2) is 52.6. The number of nitrogens with two attached hydrogens (primary N) is 8. The number of rotatable bonds is 36. The number of hydrogen-bond acceptors (Lipinski definition) is 41. The Balaban J connectivity index is 0.000000189. The van der Waals surface area contributed by atoms with Gasteiger partial charge in [0.2, 0.25) is 93.8 Å². The Hall–Kier alpha value is -19.6. The number of hydrogen-bond donors (Lipinski definition) is 13. The summed E-state index contributed by atoms with van der Waals surface area (Å²) in [5, 5.41) is 72.7. The van der Waals surface area contributed by atoms with E-state index in [1.54, 1.807) is 125 Å². The zero-order valence-corrected chi connectivity index (χ0v) is 85.1. The number of methoxy groups -OCH3 is 5. The maximum Gasteiger partial charge on any atom is 0.258 e.